The van der Waals surface area contributed by atoms with E-state index in [-0.39, 0.29) is 35.1 Å². The van der Waals surface area contributed by atoms with Crippen LogP contribution in [0.3, 0.4) is 0 Å². The summed E-state index contributed by atoms with van der Waals surface area (Å²) in [5, 5.41) is 20.1. The Hall–Kier alpha value is -3.09. The van der Waals surface area contributed by atoms with Crippen molar-refractivity contribution in [1.82, 2.24) is 0 Å². The number of ether oxygens (including phenoxy) is 3. The molecule has 1 aromatic carbocycles. The fraction of sp³-hybridized carbons (Fsp3) is 0.517. The van der Waals surface area contributed by atoms with E-state index in [2.05, 4.69) is 6.92 Å². The third kappa shape index (κ3) is 7.76. The highest BCUT2D eigenvalue weighted by Gasteiger charge is 2.54. The van der Waals surface area contributed by atoms with Gasteiger partial charge in [-0.05, 0) is 48.9 Å². The Kier molecular flexibility index (Phi) is 11.0. The summed E-state index contributed by atoms with van der Waals surface area (Å²) < 4.78 is 22.3. The number of aromatic hydroxyl groups is 1. The van der Waals surface area contributed by atoms with E-state index < -0.39 is 42.0 Å². The number of hydrogen-bond donors (Lipinski definition) is 2. The summed E-state index contributed by atoms with van der Waals surface area (Å²) in [5.41, 5.74) is -1.63. The monoisotopic (exact) mass is 670 g/mol. The van der Waals surface area contributed by atoms with Crippen molar-refractivity contribution in [1.29, 1.82) is 0 Å². The molecule has 1 aromatic heterocycles. The van der Waals surface area contributed by atoms with Crippen LogP contribution in [0.4, 0.5) is 4.79 Å². The number of unbranched alkanes of at least 4 members (excludes halogenated alkanes) is 6. The Labute approximate surface area is 245 Å². The summed E-state index contributed by atoms with van der Waals surface area (Å²) in [4.78, 5) is 50.0. The van der Waals surface area contributed by atoms with Crippen LogP contribution in [0.1, 0.15) is 90.2 Å². The normalized spacial score (nSPS) is 17.5. The second kappa shape index (κ2) is 14.0. The molecule has 10 nitrogen and oxygen atoms in total. The number of cyclic esters (lactones) is 1. The SMILES string of the molecule is CCCCCCCCCC(=O)OCC1(C(OC(=O)O)c2cc(=O)oc3cc(O)c(I)cc23)CC(=C(C)C)C(=O)O1. The number of carbonyl (C=O) groups is 3. The van der Waals surface area contributed by atoms with Crippen molar-refractivity contribution < 1.29 is 43.2 Å². The molecular formula is C29H35IO10. The zero-order valence-electron chi connectivity index (χ0n) is 22.9. The molecule has 1 aliphatic heterocycles. The van der Waals surface area contributed by atoms with Gasteiger partial charge in [-0.3, -0.25) is 4.79 Å². The number of esters is 2. The second-order valence-electron chi connectivity index (χ2n) is 10.2. The maximum atomic E-state index is 12.9. The molecule has 2 unspecified atom stereocenters. The Balaban J connectivity index is 1.95. The van der Waals surface area contributed by atoms with Gasteiger partial charge in [-0.2, -0.15) is 0 Å². The average molecular weight is 670 g/mol. The van der Waals surface area contributed by atoms with E-state index >= 15 is 0 Å². The molecule has 0 aliphatic carbocycles. The van der Waals surface area contributed by atoms with Crippen LogP contribution in [0.15, 0.2) is 38.6 Å². The lowest BCUT2D eigenvalue weighted by molar-refractivity contribution is -0.177. The van der Waals surface area contributed by atoms with Gasteiger partial charge < -0.3 is 28.8 Å². The molecule has 2 aromatic rings. The van der Waals surface area contributed by atoms with Crippen LogP contribution in [0.5, 0.6) is 5.75 Å². The van der Waals surface area contributed by atoms with Crippen molar-refractivity contribution in [2.75, 3.05) is 6.61 Å². The summed E-state index contributed by atoms with van der Waals surface area (Å²) in [6.45, 7) is 5.09. The first-order valence-electron chi connectivity index (χ1n) is 13.4. The lowest BCUT2D eigenvalue weighted by Gasteiger charge is -2.34. The van der Waals surface area contributed by atoms with Crippen LogP contribution in [0, 0.1) is 3.57 Å². The molecule has 1 fully saturated rings. The lowest BCUT2D eigenvalue weighted by atomic mass is 9.85. The second-order valence-corrected chi connectivity index (χ2v) is 11.4. The third-order valence-corrected chi connectivity index (χ3v) is 7.77. The highest BCUT2D eigenvalue weighted by Crippen LogP contribution is 2.46. The summed E-state index contributed by atoms with van der Waals surface area (Å²) in [5.74, 6) is -1.35. The zero-order chi connectivity index (χ0) is 29.4. The molecule has 1 saturated heterocycles. The van der Waals surface area contributed by atoms with Gasteiger partial charge in [0.05, 0.1) is 3.57 Å². The van der Waals surface area contributed by atoms with Gasteiger partial charge in [0.15, 0.2) is 11.7 Å². The van der Waals surface area contributed by atoms with E-state index in [1.54, 1.807) is 13.8 Å². The molecule has 1 aliphatic rings. The molecule has 40 heavy (non-hydrogen) atoms. The number of carboxylic acid groups (broad SMARTS) is 1. The fourth-order valence-electron chi connectivity index (χ4n) is 4.81. The van der Waals surface area contributed by atoms with Crippen LogP contribution >= 0.6 is 22.6 Å². The first-order valence-corrected chi connectivity index (χ1v) is 14.5. The highest BCUT2D eigenvalue weighted by molar-refractivity contribution is 14.1. The molecular weight excluding hydrogens is 635 g/mol. The van der Waals surface area contributed by atoms with Crippen LogP contribution in [-0.2, 0) is 23.8 Å². The van der Waals surface area contributed by atoms with Gasteiger partial charge in [-0.15, -0.1) is 0 Å². The predicted molar refractivity (Wildman–Crippen MR) is 154 cm³/mol. The van der Waals surface area contributed by atoms with Gasteiger partial charge in [0.1, 0.15) is 17.9 Å². The molecule has 0 saturated carbocycles. The maximum Gasteiger partial charge on any atom is 0.506 e. The molecule has 11 heteroatoms. The van der Waals surface area contributed by atoms with Crippen LogP contribution in [-0.4, -0.2) is 40.5 Å². The van der Waals surface area contributed by atoms with Crippen molar-refractivity contribution in [2.24, 2.45) is 0 Å². The van der Waals surface area contributed by atoms with Gasteiger partial charge in [0.2, 0.25) is 0 Å². The van der Waals surface area contributed by atoms with E-state index in [4.69, 9.17) is 18.6 Å². The van der Waals surface area contributed by atoms with E-state index in [0.717, 1.165) is 38.2 Å². The number of rotatable bonds is 13. The van der Waals surface area contributed by atoms with E-state index in [1.807, 2.05) is 22.6 Å². The van der Waals surface area contributed by atoms with Crippen LogP contribution in [0.25, 0.3) is 11.0 Å². The summed E-state index contributed by atoms with van der Waals surface area (Å²) >= 11 is 1.87. The Morgan fingerprint density at radius 1 is 1.07 bits per heavy atom. The van der Waals surface area contributed by atoms with E-state index in [9.17, 15) is 29.4 Å². The number of hydrogen-bond acceptors (Lipinski definition) is 9. The minimum Gasteiger partial charge on any atom is -0.507 e. The standard InChI is InChI=1S/C29H35IO10/c1-4-5-6-7-8-9-10-11-24(32)37-16-29(15-20(17(2)3)27(34)40-29)26(39-28(35)36)19-13-25(33)38-23-14-22(31)21(30)12-18(19)23/h12-14,26,31H,4-11,15-16H2,1-3H3,(H,35,36). The number of allylic oxidation sites excluding steroid dienone is 1. The molecule has 0 bridgehead atoms. The zero-order valence-corrected chi connectivity index (χ0v) is 25.1. The van der Waals surface area contributed by atoms with Crippen LogP contribution in [0.2, 0.25) is 0 Å². The lowest BCUT2D eigenvalue weighted by Crippen LogP contribution is -2.44. The molecule has 2 heterocycles. The Bertz CT molecular complexity index is 1340. The molecule has 0 spiro atoms. The van der Waals surface area contributed by atoms with E-state index in [1.165, 1.54) is 18.6 Å². The number of benzene rings is 1. The van der Waals surface area contributed by atoms with E-state index in [0.29, 0.717) is 21.1 Å². The molecule has 3 rings (SSSR count). The first-order chi connectivity index (χ1) is 19.0. The van der Waals surface area contributed by atoms with Crippen molar-refractivity contribution >= 4 is 51.7 Å². The number of fused-ring (bicyclic) bond motifs is 1. The summed E-state index contributed by atoms with van der Waals surface area (Å²) in [6, 6.07) is 3.79. The molecule has 2 N–H and O–H groups in total. The molecule has 0 radical (unpaired) electrons. The molecule has 2 atom stereocenters. The molecule has 0 amide bonds. The predicted octanol–water partition coefficient (Wildman–Crippen LogP) is 6.54. The fourth-order valence-corrected chi connectivity index (χ4v) is 5.27. The van der Waals surface area contributed by atoms with Crippen molar-refractivity contribution in [2.45, 2.75) is 90.3 Å². The van der Waals surface area contributed by atoms with Crippen molar-refractivity contribution in [3.8, 4) is 5.75 Å². The summed E-state index contributed by atoms with van der Waals surface area (Å²) in [7, 11) is 0. The van der Waals surface area contributed by atoms with Gasteiger partial charge in [-0.1, -0.05) is 51.0 Å². The Morgan fingerprint density at radius 3 is 2.38 bits per heavy atom. The number of phenolic OH excluding ortho intramolecular Hbond substituents is 1. The third-order valence-electron chi connectivity index (χ3n) is 6.91. The van der Waals surface area contributed by atoms with Crippen molar-refractivity contribution in [3.05, 3.63) is 48.9 Å². The summed E-state index contributed by atoms with van der Waals surface area (Å²) in [6.07, 6.45) is 3.96. The van der Waals surface area contributed by atoms with Crippen molar-refractivity contribution in [3.63, 3.8) is 0 Å². The largest absolute Gasteiger partial charge is 0.507 e. The highest BCUT2D eigenvalue weighted by atomic mass is 127. The topological polar surface area (TPSA) is 150 Å². The smallest absolute Gasteiger partial charge is 0.506 e. The van der Waals surface area contributed by atoms with Gasteiger partial charge in [0, 0.05) is 41.5 Å². The quantitative estimate of drug-likeness (QED) is 0.0600. The van der Waals surface area contributed by atoms with Gasteiger partial charge in [-0.25, -0.2) is 14.4 Å². The molecule has 218 valence electrons. The average Bonchev–Trinajstić information content (AvgIpc) is 3.23. The number of phenols is 1. The Morgan fingerprint density at radius 2 is 1.75 bits per heavy atom. The number of halogens is 1. The van der Waals surface area contributed by atoms with Gasteiger partial charge >= 0.3 is 23.7 Å². The first kappa shape index (κ1) is 31.4. The maximum absolute atomic E-state index is 12.9. The minimum absolute atomic E-state index is 0.0164. The number of carbonyl (C=O) groups excluding carboxylic acids is 2. The van der Waals surface area contributed by atoms with Crippen LogP contribution < -0.4 is 5.63 Å². The van der Waals surface area contributed by atoms with Gasteiger partial charge in [0.25, 0.3) is 0 Å². The minimum atomic E-state index is -1.78.